The Kier molecular flexibility index (Phi) is 5.30. The SMILES string of the molecule is COC=C([C]=O)NC(=O)OCc1ccccc1. The highest BCUT2D eigenvalue weighted by molar-refractivity contribution is 5.81. The third-order valence-corrected chi connectivity index (χ3v) is 1.80. The summed E-state index contributed by atoms with van der Waals surface area (Å²) in [4.78, 5) is 21.6. The smallest absolute Gasteiger partial charge is 0.412 e. The van der Waals surface area contributed by atoms with E-state index in [-0.39, 0.29) is 12.3 Å². The van der Waals surface area contributed by atoms with Gasteiger partial charge in [0.25, 0.3) is 6.29 Å². The number of alkyl carbamates (subject to hydrolysis) is 1. The maximum Gasteiger partial charge on any atom is 0.412 e. The monoisotopic (exact) mass is 234 g/mol. The van der Waals surface area contributed by atoms with Crippen LogP contribution in [-0.2, 0) is 20.9 Å². The van der Waals surface area contributed by atoms with E-state index in [1.165, 1.54) is 13.4 Å². The second-order valence-corrected chi connectivity index (χ2v) is 3.06. The summed E-state index contributed by atoms with van der Waals surface area (Å²) in [6.07, 6.45) is 1.84. The Hall–Kier alpha value is -2.30. The molecular formula is C12H12NO4. The molecular weight excluding hydrogens is 222 g/mol. The van der Waals surface area contributed by atoms with Crippen molar-refractivity contribution in [3.8, 4) is 0 Å². The Bertz CT molecular complexity index is 400. The van der Waals surface area contributed by atoms with Crippen LogP contribution >= 0.6 is 0 Å². The molecule has 17 heavy (non-hydrogen) atoms. The van der Waals surface area contributed by atoms with E-state index in [9.17, 15) is 9.59 Å². The zero-order valence-corrected chi connectivity index (χ0v) is 9.30. The summed E-state index contributed by atoms with van der Waals surface area (Å²) in [5, 5.41) is 2.19. The number of benzene rings is 1. The van der Waals surface area contributed by atoms with Crippen molar-refractivity contribution in [3.63, 3.8) is 0 Å². The van der Waals surface area contributed by atoms with Crippen LogP contribution in [0.5, 0.6) is 0 Å². The summed E-state index contributed by atoms with van der Waals surface area (Å²) >= 11 is 0. The van der Waals surface area contributed by atoms with Gasteiger partial charge in [-0.15, -0.1) is 0 Å². The van der Waals surface area contributed by atoms with Crippen LogP contribution in [0.4, 0.5) is 4.79 Å². The molecule has 1 aromatic carbocycles. The Morgan fingerprint density at radius 3 is 2.71 bits per heavy atom. The van der Waals surface area contributed by atoms with Gasteiger partial charge in [-0.3, -0.25) is 10.1 Å². The predicted octanol–water partition coefficient (Wildman–Crippen LogP) is 1.51. The van der Waals surface area contributed by atoms with Crippen LogP contribution in [-0.4, -0.2) is 19.5 Å². The molecule has 1 N–H and O–H groups in total. The van der Waals surface area contributed by atoms with Gasteiger partial charge in [-0.05, 0) is 5.56 Å². The molecule has 5 nitrogen and oxygen atoms in total. The highest BCUT2D eigenvalue weighted by atomic mass is 16.5. The number of hydrogen-bond acceptors (Lipinski definition) is 4. The quantitative estimate of drug-likeness (QED) is 0.619. The first-order chi connectivity index (χ1) is 8.26. The number of carbonyl (C=O) groups excluding carboxylic acids is 2. The molecule has 0 spiro atoms. The Morgan fingerprint density at radius 2 is 2.12 bits per heavy atom. The van der Waals surface area contributed by atoms with E-state index in [1.807, 2.05) is 30.3 Å². The van der Waals surface area contributed by atoms with Crippen molar-refractivity contribution < 1.29 is 19.1 Å². The van der Waals surface area contributed by atoms with Crippen molar-refractivity contribution in [2.75, 3.05) is 7.11 Å². The highest BCUT2D eigenvalue weighted by Crippen LogP contribution is 2.00. The molecule has 1 amide bonds. The largest absolute Gasteiger partial charge is 0.502 e. The van der Waals surface area contributed by atoms with Gasteiger partial charge in [0, 0.05) is 0 Å². The summed E-state index contributed by atoms with van der Waals surface area (Å²) < 4.78 is 9.45. The Labute approximate surface area is 99.0 Å². The number of hydrogen-bond donors (Lipinski definition) is 1. The first-order valence-electron chi connectivity index (χ1n) is 4.85. The van der Waals surface area contributed by atoms with Crippen molar-refractivity contribution in [1.82, 2.24) is 5.32 Å². The maximum absolute atomic E-state index is 11.3. The minimum absolute atomic E-state index is 0.120. The third kappa shape index (κ3) is 4.83. The van der Waals surface area contributed by atoms with Crippen LogP contribution in [0.1, 0.15) is 5.56 Å². The molecule has 0 aromatic heterocycles. The van der Waals surface area contributed by atoms with Crippen LogP contribution in [0.15, 0.2) is 42.3 Å². The molecule has 0 heterocycles. The second-order valence-electron chi connectivity index (χ2n) is 3.06. The van der Waals surface area contributed by atoms with Crippen LogP contribution < -0.4 is 5.32 Å². The van der Waals surface area contributed by atoms with Gasteiger partial charge in [-0.1, -0.05) is 30.3 Å². The van der Waals surface area contributed by atoms with Gasteiger partial charge in [-0.25, -0.2) is 4.79 Å². The van der Waals surface area contributed by atoms with Gasteiger partial charge in [0.15, 0.2) is 0 Å². The molecule has 0 saturated heterocycles. The topological polar surface area (TPSA) is 64.6 Å². The normalized spacial score (nSPS) is 10.5. The third-order valence-electron chi connectivity index (χ3n) is 1.80. The van der Waals surface area contributed by atoms with Gasteiger partial charge in [0.1, 0.15) is 18.6 Å². The minimum atomic E-state index is -0.736. The van der Waals surface area contributed by atoms with E-state index in [1.54, 1.807) is 0 Å². The fourth-order valence-electron chi connectivity index (χ4n) is 1.07. The number of allylic oxidation sites excluding steroid dienone is 1. The number of nitrogens with one attached hydrogen (secondary N) is 1. The predicted molar refractivity (Wildman–Crippen MR) is 60.5 cm³/mol. The average Bonchev–Trinajstić information content (AvgIpc) is 2.37. The summed E-state index contributed by atoms with van der Waals surface area (Å²) in [5.41, 5.74) is 0.737. The van der Waals surface area contributed by atoms with Crippen LogP contribution in [0.25, 0.3) is 0 Å². The fourth-order valence-corrected chi connectivity index (χ4v) is 1.07. The number of amides is 1. The highest BCUT2D eigenvalue weighted by Gasteiger charge is 2.06. The van der Waals surface area contributed by atoms with Crippen molar-refractivity contribution in [2.24, 2.45) is 0 Å². The lowest BCUT2D eigenvalue weighted by molar-refractivity contribution is 0.142. The summed E-state index contributed by atoms with van der Waals surface area (Å²) in [6.45, 7) is 0.131. The van der Waals surface area contributed by atoms with E-state index in [0.717, 1.165) is 11.8 Å². The molecule has 1 radical (unpaired) electrons. The molecule has 0 saturated carbocycles. The van der Waals surface area contributed by atoms with Gasteiger partial charge in [0.2, 0.25) is 0 Å². The van der Waals surface area contributed by atoms with E-state index >= 15 is 0 Å². The molecule has 0 aliphatic carbocycles. The Balaban J connectivity index is 2.40. The van der Waals surface area contributed by atoms with Crippen LogP contribution in [0.3, 0.4) is 0 Å². The van der Waals surface area contributed by atoms with Crippen molar-refractivity contribution in [3.05, 3.63) is 47.9 Å². The molecule has 0 atom stereocenters. The number of rotatable bonds is 5. The Morgan fingerprint density at radius 1 is 1.41 bits per heavy atom. The zero-order chi connectivity index (χ0) is 12.5. The van der Waals surface area contributed by atoms with Gasteiger partial charge < -0.3 is 9.47 Å². The molecule has 0 unspecified atom stereocenters. The van der Waals surface area contributed by atoms with E-state index < -0.39 is 6.09 Å². The fraction of sp³-hybridized carbons (Fsp3) is 0.167. The molecule has 5 heteroatoms. The van der Waals surface area contributed by atoms with Gasteiger partial charge in [0.05, 0.1) is 7.11 Å². The van der Waals surface area contributed by atoms with Crippen molar-refractivity contribution >= 4 is 12.4 Å². The average molecular weight is 234 g/mol. The molecule has 1 aromatic rings. The van der Waals surface area contributed by atoms with Crippen molar-refractivity contribution in [2.45, 2.75) is 6.61 Å². The molecule has 0 bridgehead atoms. The van der Waals surface area contributed by atoms with Gasteiger partial charge in [-0.2, -0.15) is 0 Å². The summed E-state index contributed by atoms with van der Waals surface area (Å²) in [6, 6.07) is 9.19. The zero-order valence-electron chi connectivity index (χ0n) is 9.30. The standard InChI is InChI=1S/C12H12NO4/c1-16-9-11(7-14)13-12(15)17-8-10-5-3-2-4-6-10/h2-6,9H,8H2,1H3,(H,13,15). The van der Waals surface area contributed by atoms with Crippen molar-refractivity contribution in [1.29, 1.82) is 0 Å². The molecule has 0 aliphatic heterocycles. The second kappa shape index (κ2) is 7.05. The molecule has 0 fully saturated rings. The number of ether oxygens (including phenoxy) is 2. The number of methoxy groups -OCH3 is 1. The summed E-state index contributed by atoms with van der Waals surface area (Å²) in [7, 11) is 1.36. The lowest BCUT2D eigenvalue weighted by Gasteiger charge is -2.05. The van der Waals surface area contributed by atoms with E-state index in [4.69, 9.17) is 4.74 Å². The number of carbonyl (C=O) groups is 1. The lowest BCUT2D eigenvalue weighted by atomic mass is 10.2. The van der Waals surface area contributed by atoms with E-state index in [2.05, 4.69) is 10.1 Å². The molecule has 89 valence electrons. The lowest BCUT2D eigenvalue weighted by Crippen LogP contribution is -2.24. The van der Waals surface area contributed by atoms with Gasteiger partial charge >= 0.3 is 6.09 Å². The van der Waals surface area contributed by atoms with E-state index in [0.29, 0.717) is 0 Å². The minimum Gasteiger partial charge on any atom is -0.502 e. The maximum atomic E-state index is 11.3. The first kappa shape index (κ1) is 12.8. The molecule has 0 aliphatic rings. The van der Waals surface area contributed by atoms with Crippen LogP contribution in [0.2, 0.25) is 0 Å². The molecule has 1 rings (SSSR count). The summed E-state index contributed by atoms with van der Waals surface area (Å²) in [5.74, 6) is 0. The first-order valence-corrected chi connectivity index (χ1v) is 4.85. The van der Waals surface area contributed by atoms with Crippen LogP contribution in [0, 0.1) is 0 Å².